The van der Waals surface area contributed by atoms with Crippen molar-refractivity contribution in [1.82, 2.24) is 10.2 Å². The van der Waals surface area contributed by atoms with Crippen molar-refractivity contribution in [3.05, 3.63) is 29.8 Å². The van der Waals surface area contributed by atoms with Gasteiger partial charge in [-0.2, -0.15) is 0 Å². The molecule has 0 radical (unpaired) electrons. The first-order chi connectivity index (χ1) is 11.6. The molecule has 3 amide bonds. The van der Waals surface area contributed by atoms with Crippen LogP contribution in [-0.2, 0) is 4.79 Å². The molecule has 3 rings (SSSR count). The molecule has 5 nitrogen and oxygen atoms in total. The first kappa shape index (κ1) is 16.8. The van der Waals surface area contributed by atoms with Crippen LogP contribution >= 0.6 is 0 Å². The SMILES string of the molecule is Cc1ccc(NC(=O)N2CCC[C@H](CCC(=O)NC3CC3)C2)cc1. The second-order valence-corrected chi connectivity index (χ2v) is 7.13. The average molecular weight is 329 g/mol. The zero-order chi connectivity index (χ0) is 16.9. The summed E-state index contributed by atoms with van der Waals surface area (Å²) in [5, 5.41) is 6.00. The minimum Gasteiger partial charge on any atom is -0.353 e. The number of likely N-dealkylation sites (tertiary alicyclic amines) is 1. The molecular formula is C19H27N3O2. The maximum atomic E-state index is 12.4. The average Bonchev–Trinajstić information content (AvgIpc) is 3.39. The maximum Gasteiger partial charge on any atom is 0.321 e. The van der Waals surface area contributed by atoms with E-state index in [1.54, 1.807) is 0 Å². The van der Waals surface area contributed by atoms with Crippen molar-refractivity contribution in [3.63, 3.8) is 0 Å². The lowest BCUT2D eigenvalue weighted by molar-refractivity contribution is -0.121. The highest BCUT2D eigenvalue weighted by molar-refractivity contribution is 5.89. The molecule has 1 aromatic rings. The number of urea groups is 1. The fourth-order valence-corrected chi connectivity index (χ4v) is 3.19. The van der Waals surface area contributed by atoms with E-state index in [0.29, 0.717) is 18.4 Å². The highest BCUT2D eigenvalue weighted by Crippen LogP contribution is 2.23. The topological polar surface area (TPSA) is 61.4 Å². The number of hydrogen-bond acceptors (Lipinski definition) is 2. The Bertz CT molecular complexity index is 581. The quantitative estimate of drug-likeness (QED) is 0.871. The Morgan fingerprint density at radius 3 is 2.62 bits per heavy atom. The second kappa shape index (κ2) is 7.69. The Labute approximate surface area is 143 Å². The number of benzene rings is 1. The minimum absolute atomic E-state index is 0.0361. The second-order valence-electron chi connectivity index (χ2n) is 7.13. The van der Waals surface area contributed by atoms with Crippen LogP contribution in [0.4, 0.5) is 10.5 Å². The van der Waals surface area contributed by atoms with Gasteiger partial charge in [-0.15, -0.1) is 0 Å². The van der Waals surface area contributed by atoms with Crippen molar-refractivity contribution in [1.29, 1.82) is 0 Å². The normalized spacial score (nSPS) is 20.5. The van der Waals surface area contributed by atoms with Crippen molar-refractivity contribution in [2.24, 2.45) is 5.92 Å². The van der Waals surface area contributed by atoms with Gasteiger partial charge in [0.1, 0.15) is 0 Å². The van der Waals surface area contributed by atoms with E-state index in [0.717, 1.165) is 50.9 Å². The van der Waals surface area contributed by atoms with Crippen LogP contribution in [-0.4, -0.2) is 36.0 Å². The molecule has 0 aromatic heterocycles. The highest BCUT2D eigenvalue weighted by Gasteiger charge is 2.26. The molecule has 5 heteroatoms. The van der Waals surface area contributed by atoms with Crippen molar-refractivity contribution in [2.75, 3.05) is 18.4 Å². The van der Waals surface area contributed by atoms with E-state index >= 15 is 0 Å². The van der Waals surface area contributed by atoms with Crippen LogP contribution < -0.4 is 10.6 Å². The predicted octanol–water partition coefficient (Wildman–Crippen LogP) is 3.30. The van der Waals surface area contributed by atoms with Gasteiger partial charge >= 0.3 is 6.03 Å². The van der Waals surface area contributed by atoms with E-state index in [9.17, 15) is 9.59 Å². The van der Waals surface area contributed by atoms with Gasteiger partial charge in [0.2, 0.25) is 5.91 Å². The lowest BCUT2D eigenvalue weighted by Crippen LogP contribution is -2.42. The van der Waals surface area contributed by atoms with Gasteiger partial charge in [0, 0.05) is 31.2 Å². The van der Waals surface area contributed by atoms with Gasteiger partial charge in [-0.3, -0.25) is 4.79 Å². The van der Waals surface area contributed by atoms with Gasteiger partial charge in [-0.25, -0.2) is 4.79 Å². The van der Waals surface area contributed by atoms with Crippen LogP contribution in [0.15, 0.2) is 24.3 Å². The van der Waals surface area contributed by atoms with Gasteiger partial charge in [0.25, 0.3) is 0 Å². The lowest BCUT2D eigenvalue weighted by Gasteiger charge is -2.32. The van der Waals surface area contributed by atoms with Crippen LogP contribution in [0, 0.1) is 12.8 Å². The molecule has 2 aliphatic rings. The summed E-state index contributed by atoms with van der Waals surface area (Å²) in [7, 11) is 0. The Morgan fingerprint density at radius 1 is 1.17 bits per heavy atom. The first-order valence-electron chi connectivity index (χ1n) is 9.02. The van der Waals surface area contributed by atoms with E-state index in [1.807, 2.05) is 36.1 Å². The van der Waals surface area contributed by atoms with Crippen LogP contribution in [0.2, 0.25) is 0 Å². The van der Waals surface area contributed by atoms with E-state index < -0.39 is 0 Å². The monoisotopic (exact) mass is 329 g/mol. The zero-order valence-corrected chi connectivity index (χ0v) is 14.4. The Morgan fingerprint density at radius 2 is 1.92 bits per heavy atom. The number of rotatable bonds is 5. The number of carbonyl (C=O) groups excluding carboxylic acids is 2. The van der Waals surface area contributed by atoms with Crippen LogP contribution in [0.5, 0.6) is 0 Å². The third kappa shape index (κ3) is 4.98. The summed E-state index contributed by atoms with van der Waals surface area (Å²) in [6.45, 7) is 3.57. The number of nitrogens with zero attached hydrogens (tertiary/aromatic N) is 1. The Kier molecular flexibility index (Phi) is 5.38. The lowest BCUT2D eigenvalue weighted by atomic mass is 9.93. The molecule has 2 N–H and O–H groups in total. The molecule has 1 aliphatic carbocycles. The fourth-order valence-electron chi connectivity index (χ4n) is 3.19. The van der Waals surface area contributed by atoms with E-state index in [1.165, 1.54) is 5.56 Å². The van der Waals surface area contributed by atoms with Gasteiger partial charge in [-0.1, -0.05) is 17.7 Å². The van der Waals surface area contributed by atoms with Crippen molar-refractivity contribution >= 4 is 17.6 Å². The maximum absolute atomic E-state index is 12.4. The summed E-state index contributed by atoms with van der Waals surface area (Å²) < 4.78 is 0. The number of hydrogen-bond donors (Lipinski definition) is 2. The predicted molar refractivity (Wildman–Crippen MR) is 94.9 cm³/mol. The smallest absolute Gasteiger partial charge is 0.321 e. The zero-order valence-electron chi connectivity index (χ0n) is 14.4. The third-order valence-corrected chi connectivity index (χ3v) is 4.83. The summed E-state index contributed by atoms with van der Waals surface area (Å²) in [4.78, 5) is 26.1. The number of amides is 3. The van der Waals surface area contributed by atoms with Gasteiger partial charge in [-0.05, 0) is 57.1 Å². The number of carbonyl (C=O) groups is 2. The standard InChI is InChI=1S/C19H27N3O2/c1-14-4-7-17(8-5-14)21-19(24)22-12-2-3-15(13-22)6-11-18(23)20-16-9-10-16/h4-5,7-8,15-16H,2-3,6,9-13H2,1H3,(H,20,23)(H,21,24)/t15-/m1/s1. The Hall–Kier alpha value is -2.04. The summed E-state index contributed by atoms with van der Waals surface area (Å²) in [6.07, 6.45) is 5.81. The first-order valence-corrected chi connectivity index (χ1v) is 9.02. The summed E-state index contributed by atoms with van der Waals surface area (Å²) in [5.74, 6) is 0.589. The number of anilines is 1. The van der Waals surface area contributed by atoms with Gasteiger partial charge in [0.15, 0.2) is 0 Å². The number of nitrogens with one attached hydrogen (secondary N) is 2. The van der Waals surface area contributed by atoms with Gasteiger partial charge < -0.3 is 15.5 Å². The number of aryl methyl sites for hydroxylation is 1. The molecule has 0 bridgehead atoms. The van der Waals surface area contributed by atoms with Crippen molar-refractivity contribution in [2.45, 2.75) is 51.5 Å². The molecule has 1 aromatic carbocycles. The molecule has 1 saturated heterocycles. The van der Waals surface area contributed by atoms with Crippen molar-refractivity contribution < 1.29 is 9.59 Å². The fraction of sp³-hybridized carbons (Fsp3) is 0.579. The summed E-state index contributed by atoms with van der Waals surface area (Å²) in [5.41, 5.74) is 2.01. The van der Waals surface area contributed by atoms with E-state index in [2.05, 4.69) is 10.6 Å². The number of piperidine rings is 1. The molecule has 1 heterocycles. The molecule has 1 atom stereocenters. The minimum atomic E-state index is -0.0361. The van der Waals surface area contributed by atoms with E-state index in [4.69, 9.17) is 0 Å². The van der Waals surface area contributed by atoms with Crippen LogP contribution in [0.25, 0.3) is 0 Å². The molecule has 0 unspecified atom stereocenters. The molecular weight excluding hydrogens is 302 g/mol. The van der Waals surface area contributed by atoms with Crippen LogP contribution in [0.3, 0.4) is 0 Å². The molecule has 2 fully saturated rings. The molecule has 1 aliphatic heterocycles. The summed E-state index contributed by atoms with van der Waals surface area (Å²) in [6, 6.07) is 8.24. The molecule has 1 saturated carbocycles. The van der Waals surface area contributed by atoms with Crippen LogP contribution in [0.1, 0.15) is 44.1 Å². The Balaban J connectivity index is 1.44. The van der Waals surface area contributed by atoms with Crippen molar-refractivity contribution in [3.8, 4) is 0 Å². The molecule has 24 heavy (non-hydrogen) atoms. The highest BCUT2D eigenvalue weighted by atomic mass is 16.2. The largest absolute Gasteiger partial charge is 0.353 e. The summed E-state index contributed by atoms with van der Waals surface area (Å²) >= 11 is 0. The molecule has 130 valence electrons. The third-order valence-electron chi connectivity index (χ3n) is 4.83. The van der Waals surface area contributed by atoms with E-state index in [-0.39, 0.29) is 11.9 Å². The van der Waals surface area contributed by atoms with Gasteiger partial charge in [0.05, 0.1) is 0 Å². The molecule has 0 spiro atoms.